The van der Waals surface area contributed by atoms with E-state index in [1.165, 1.54) is 27.0 Å². The lowest BCUT2D eigenvalue weighted by Gasteiger charge is -2.11. The molecule has 18 heavy (non-hydrogen) atoms. The highest BCUT2D eigenvalue weighted by atomic mass is 32.2. The number of ether oxygens (including phenoxy) is 1. The summed E-state index contributed by atoms with van der Waals surface area (Å²) in [5.41, 5.74) is 1.02. The van der Waals surface area contributed by atoms with E-state index in [1.807, 2.05) is 6.07 Å². The van der Waals surface area contributed by atoms with Crippen LogP contribution < -0.4 is 14.8 Å². The molecule has 1 aromatic carbocycles. The minimum Gasteiger partial charge on any atom is -0.495 e. The average molecular weight is 270 g/mol. The zero-order valence-electron chi connectivity index (χ0n) is 10.6. The van der Waals surface area contributed by atoms with Gasteiger partial charge in [-0.15, -0.1) is 0 Å². The Morgan fingerprint density at radius 1 is 1.39 bits per heavy atom. The van der Waals surface area contributed by atoms with Crippen LogP contribution in [0.4, 0.5) is 0 Å². The van der Waals surface area contributed by atoms with Crippen molar-refractivity contribution in [3.8, 4) is 5.75 Å². The van der Waals surface area contributed by atoms with E-state index < -0.39 is 10.0 Å². The second-order valence-corrected chi connectivity index (χ2v) is 6.20. The molecule has 1 fully saturated rings. The molecule has 0 unspecified atom stereocenters. The summed E-state index contributed by atoms with van der Waals surface area (Å²) in [5.74, 6) is 0.374. The number of hydrogen-bond donors (Lipinski definition) is 2. The van der Waals surface area contributed by atoms with Crippen molar-refractivity contribution in [2.24, 2.45) is 0 Å². The maximum atomic E-state index is 11.8. The maximum absolute atomic E-state index is 11.8. The van der Waals surface area contributed by atoms with Crippen LogP contribution in [0, 0.1) is 0 Å². The van der Waals surface area contributed by atoms with Crippen molar-refractivity contribution >= 4 is 10.0 Å². The molecular formula is C12H18N2O3S. The number of sulfonamides is 1. The Kier molecular flexibility index (Phi) is 3.89. The predicted octanol–water partition coefficient (Wildman–Crippen LogP) is 0.855. The molecule has 2 rings (SSSR count). The van der Waals surface area contributed by atoms with Gasteiger partial charge in [-0.25, -0.2) is 13.1 Å². The molecule has 1 aliphatic rings. The van der Waals surface area contributed by atoms with E-state index >= 15 is 0 Å². The number of nitrogens with one attached hydrogen (secondary N) is 2. The summed E-state index contributed by atoms with van der Waals surface area (Å²) >= 11 is 0. The maximum Gasteiger partial charge on any atom is 0.243 e. The van der Waals surface area contributed by atoms with Crippen LogP contribution in [0.25, 0.3) is 0 Å². The number of methoxy groups -OCH3 is 1. The number of rotatable bonds is 6. The molecule has 1 aliphatic carbocycles. The molecule has 5 nitrogen and oxygen atoms in total. The first kappa shape index (κ1) is 13.3. The largest absolute Gasteiger partial charge is 0.495 e. The van der Waals surface area contributed by atoms with Gasteiger partial charge in [0.05, 0.1) is 7.11 Å². The van der Waals surface area contributed by atoms with Crippen molar-refractivity contribution in [1.82, 2.24) is 10.0 Å². The van der Waals surface area contributed by atoms with Gasteiger partial charge in [0.2, 0.25) is 10.0 Å². The van der Waals surface area contributed by atoms with Gasteiger partial charge >= 0.3 is 0 Å². The third-order valence-electron chi connectivity index (χ3n) is 2.96. The lowest BCUT2D eigenvalue weighted by molar-refractivity contribution is 0.401. The molecule has 0 aliphatic heterocycles. The molecule has 0 radical (unpaired) electrons. The van der Waals surface area contributed by atoms with E-state index in [4.69, 9.17) is 4.74 Å². The van der Waals surface area contributed by atoms with Crippen molar-refractivity contribution < 1.29 is 13.2 Å². The van der Waals surface area contributed by atoms with Gasteiger partial charge in [0, 0.05) is 12.6 Å². The van der Waals surface area contributed by atoms with Crippen molar-refractivity contribution in [2.45, 2.75) is 30.3 Å². The molecular weight excluding hydrogens is 252 g/mol. The van der Waals surface area contributed by atoms with E-state index in [1.54, 1.807) is 12.1 Å². The molecule has 1 saturated carbocycles. The Morgan fingerprint density at radius 3 is 2.67 bits per heavy atom. The molecule has 0 aromatic heterocycles. The van der Waals surface area contributed by atoms with E-state index in [0.717, 1.165) is 12.1 Å². The van der Waals surface area contributed by atoms with E-state index in [2.05, 4.69) is 10.0 Å². The first-order valence-electron chi connectivity index (χ1n) is 5.90. The molecule has 6 heteroatoms. The zero-order chi connectivity index (χ0) is 13.2. The van der Waals surface area contributed by atoms with Crippen molar-refractivity contribution in [1.29, 1.82) is 0 Å². The summed E-state index contributed by atoms with van der Waals surface area (Å²) in [6.07, 6.45) is 2.45. The Balaban J connectivity index is 2.21. The second-order valence-electron chi connectivity index (χ2n) is 4.35. The zero-order valence-corrected chi connectivity index (χ0v) is 11.4. The van der Waals surface area contributed by atoms with Gasteiger partial charge in [0.1, 0.15) is 10.6 Å². The Labute approximate surface area is 108 Å². The van der Waals surface area contributed by atoms with Crippen LogP contribution in [0.5, 0.6) is 5.75 Å². The van der Waals surface area contributed by atoms with Crippen LogP contribution in [-0.2, 0) is 16.6 Å². The number of hydrogen-bond acceptors (Lipinski definition) is 4. The first-order chi connectivity index (χ1) is 8.56. The molecule has 0 saturated heterocycles. The van der Waals surface area contributed by atoms with Gasteiger partial charge in [0.15, 0.2) is 0 Å². The third-order valence-corrected chi connectivity index (χ3v) is 4.41. The van der Waals surface area contributed by atoms with Crippen LogP contribution in [0.1, 0.15) is 18.4 Å². The standard InChI is InChI=1S/C12H18N2O3S/c1-13-18(15,16)12-6-3-9(7-11(12)17-2)8-14-10-4-5-10/h3,6-7,10,13-14H,4-5,8H2,1-2H3. The molecule has 0 heterocycles. The quantitative estimate of drug-likeness (QED) is 0.804. The molecule has 0 bridgehead atoms. The van der Waals surface area contributed by atoms with Crippen LogP contribution in [0.2, 0.25) is 0 Å². The molecule has 1 aromatic rings. The number of benzene rings is 1. The topological polar surface area (TPSA) is 67.4 Å². The lowest BCUT2D eigenvalue weighted by Crippen LogP contribution is -2.20. The fraction of sp³-hybridized carbons (Fsp3) is 0.500. The van der Waals surface area contributed by atoms with Crippen LogP contribution in [-0.4, -0.2) is 28.6 Å². The Hall–Kier alpha value is -1.11. The van der Waals surface area contributed by atoms with Gasteiger partial charge in [-0.2, -0.15) is 0 Å². The average Bonchev–Trinajstić information content (AvgIpc) is 3.20. The summed E-state index contributed by atoms with van der Waals surface area (Å²) in [4.78, 5) is 0.169. The molecule has 2 N–H and O–H groups in total. The minimum atomic E-state index is -3.47. The normalized spacial score (nSPS) is 15.7. The fourth-order valence-electron chi connectivity index (χ4n) is 1.70. The first-order valence-corrected chi connectivity index (χ1v) is 7.39. The summed E-state index contributed by atoms with van der Waals surface area (Å²) in [5, 5.41) is 3.38. The molecule has 0 amide bonds. The van der Waals surface area contributed by atoms with Crippen molar-refractivity contribution in [3.05, 3.63) is 23.8 Å². The fourth-order valence-corrected chi connectivity index (χ4v) is 2.58. The predicted molar refractivity (Wildman–Crippen MR) is 69.1 cm³/mol. The SMILES string of the molecule is CNS(=O)(=O)c1ccc(CNC2CC2)cc1OC. The molecule has 0 atom stereocenters. The van der Waals surface area contributed by atoms with Crippen LogP contribution in [0.15, 0.2) is 23.1 Å². The highest BCUT2D eigenvalue weighted by Gasteiger charge is 2.21. The van der Waals surface area contributed by atoms with E-state index in [-0.39, 0.29) is 4.90 Å². The summed E-state index contributed by atoms with van der Waals surface area (Å²) in [6.45, 7) is 0.737. The summed E-state index contributed by atoms with van der Waals surface area (Å²) < 4.78 is 31.0. The summed E-state index contributed by atoms with van der Waals surface area (Å²) in [6, 6.07) is 5.77. The third kappa shape index (κ3) is 3.01. The smallest absolute Gasteiger partial charge is 0.243 e. The Bertz CT molecular complexity index is 524. The molecule has 100 valence electrons. The van der Waals surface area contributed by atoms with Crippen molar-refractivity contribution in [3.63, 3.8) is 0 Å². The summed E-state index contributed by atoms with van der Waals surface area (Å²) in [7, 11) is -0.611. The minimum absolute atomic E-state index is 0.169. The highest BCUT2D eigenvalue weighted by Crippen LogP contribution is 2.25. The second kappa shape index (κ2) is 5.26. The van der Waals surface area contributed by atoms with E-state index in [0.29, 0.717) is 11.8 Å². The van der Waals surface area contributed by atoms with Crippen molar-refractivity contribution in [2.75, 3.05) is 14.2 Å². The van der Waals surface area contributed by atoms with Gasteiger partial charge in [-0.05, 0) is 37.6 Å². The van der Waals surface area contributed by atoms with Gasteiger partial charge in [0.25, 0.3) is 0 Å². The van der Waals surface area contributed by atoms with Crippen LogP contribution >= 0.6 is 0 Å². The van der Waals surface area contributed by atoms with Gasteiger partial charge < -0.3 is 10.1 Å². The van der Waals surface area contributed by atoms with E-state index in [9.17, 15) is 8.42 Å². The van der Waals surface area contributed by atoms with Gasteiger partial charge in [-0.3, -0.25) is 0 Å². The monoisotopic (exact) mass is 270 g/mol. The molecule has 0 spiro atoms. The lowest BCUT2D eigenvalue weighted by atomic mass is 10.2. The Morgan fingerprint density at radius 2 is 2.11 bits per heavy atom. The van der Waals surface area contributed by atoms with Gasteiger partial charge in [-0.1, -0.05) is 6.07 Å². The van der Waals surface area contributed by atoms with Crippen LogP contribution in [0.3, 0.4) is 0 Å². The highest BCUT2D eigenvalue weighted by molar-refractivity contribution is 7.89.